The van der Waals surface area contributed by atoms with E-state index in [1.165, 1.54) is 25.4 Å². The molecule has 32 heavy (non-hydrogen) atoms. The second-order valence-corrected chi connectivity index (χ2v) is 7.33. The molecular formula is C21H19F4N5O2. The number of nitrogens with one attached hydrogen (secondary N) is 1. The maximum Gasteiger partial charge on any atom is 0.433 e. The maximum absolute atomic E-state index is 14.3. The number of carbonyl (C=O) groups is 1. The Labute approximate surface area is 180 Å². The lowest BCUT2D eigenvalue weighted by molar-refractivity contribution is -0.141. The van der Waals surface area contributed by atoms with Crippen molar-refractivity contribution in [2.24, 2.45) is 0 Å². The second kappa shape index (κ2) is 8.56. The Morgan fingerprint density at radius 2 is 2.03 bits per heavy atom. The molecule has 0 fully saturated rings. The summed E-state index contributed by atoms with van der Waals surface area (Å²) in [6.45, 7) is 0.504. The summed E-state index contributed by atoms with van der Waals surface area (Å²) in [7, 11) is 1.44. The molecule has 4 rings (SSSR count). The molecule has 0 aromatic carbocycles. The highest BCUT2D eigenvalue weighted by molar-refractivity contribution is 5.94. The Kier molecular flexibility index (Phi) is 5.81. The van der Waals surface area contributed by atoms with E-state index in [1.807, 2.05) is 0 Å². The zero-order valence-electron chi connectivity index (χ0n) is 17.0. The largest absolute Gasteiger partial charge is 0.481 e. The van der Waals surface area contributed by atoms with E-state index in [2.05, 4.69) is 20.4 Å². The van der Waals surface area contributed by atoms with Crippen LogP contribution in [0.4, 0.5) is 17.6 Å². The third kappa shape index (κ3) is 4.41. The highest BCUT2D eigenvalue weighted by Gasteiger charge is 2.34. The van der Waals surface area contributed by atoms with Gasteiger partial charge in [0.05, 0.1) is 30.7 Å². The van der Waals surface area contributed by atoms with Gasteiger partial charge in [0.25, 0.3) is 5.91 Å². The van der Waals surface area contributed by atoms with Crippen LogP contribution in [0.3, 0.4) is 0 Å². The van der Waals surface area contributed by atoms with Crippen LogP contribution in [0.15, 0.2) is 36.7 Å². The molecule has 0 aliphatic carbocycles. The number of rotatable bonds is 4. The van der Waals surface area contributed by atoms with Gasteiger partial charge in [-0.15, -0.1) is 0 Å². The summed E-state index contributed by atoms with van der Waals surface area (Å²) >= 11 is 0. The van der Waals surface area contributed by atoms with Crippen molar-refractivity contribution in [3.8, 4) is 17.1 Å². The molecule has 7 nitrogen and oxygen atoms in total. The van der Waals surface area contributed by atoms with E-state index >= 15 is 0 Å². The Morgan fingerprint density at radius 1 is 1.22 bits per heavy atom. The molecule has 1 aliphatic heterocycles. The van der Waals surface area contributed by atoms with Crippen LogP contribution < -0.4 is 10.1 Å². The molecule has 168 valence electrons. The van der Waals surface area contributed by atoms with E-state index in [0.717, 1.165) is 12.8 Å². The average Bonchev–Trinajstić information content (AvgIpc) is 3.10. The Balaban J connectivity index is 1.66. The lowest BCUT2D eigenvalue weighted by atomic mass is 10.1. The summed E-state index contributed by atoms with van der Waals surface area (Å²) in [6, 6.07) is 4.76. The summed E-state index contributed by atoms with van der Waals surface area (Å²) in [5.74, 6) is -0.975. The van der Waals surface area contributed by atoms with Crippen molar-refractivity contribution < 1.29 is 27.1 Å². The molecule has 0 bridgehead atoms. The number of hydrogen-bond acceptors (Lipinski definition) is 5. The fourth-order valence-corrected chi connectivity index (χ4v) is 3.62. The van der Waals surface area contributed by atoms with Crippen LogP contribution in [0.2, 0.25) is 0 Å². The summed E-state index contributed by atoms with van der Waals surface area (Å²) in [5.41, 5.74) is -0.499. The minimum absolute atomic E-state index is 0.0529. The summed E-state index contributed by atoms with van der Waals surface area (Å²) in [6.07, 6.45) is -0.541. The smallest absolute Gasteiger partial charge is 0.433 e. The number of halogens is 4. The number of fused-ring (bicyclic) bond motifs is 1. The first kappa shape index (κ1) is 21.7. The Hall–Kier alpha value is -3.50. The SMILES string of the molecule is COc1cc(C(=O)N[C@@H]2CCCCn3nc(-c4cc(C(F)(F)F)ncc4F)cc32)ccn1. The number of alkyl halides is 3. The zero-order chi connectivity index (χ0) is 22.9. The number of methoxy groups -OCH3 is 1. The van der Waals surface area contributed by atoms with Gasteiger partial charge in [-0.2, -0.15) is 18.3 Å². The second-order valence-electron chi connectivity index (χ2n) is 7.33. The third-order valence-electron chi connectivity index (χ3n) is 5.21. The van der Waals surface area contributed by atoms with Crippen molar-refractivity contribution in [1.82, 2.24) is 25.1 Å². The molecule has 0 unspecified atom stereocenters. The van der Waals surface area contributed by atoms with Crippen molar-refractivity contribution in [3.63, 3.8) is 0 Å². The van der Waals surface area contributed by atoms with Gasteiger partial charge in [0, 0.05) is 29.9 Å². The number of hydrogen-bond donors (Lipinski definition) is 1. The molecule has 11 heteroatoms. The molecule has 1 N–H and O–H groups in total. The average molecular weight is 449 g/mol. The number of carbonyl (C=O) groups excluding carboxylic acids is 1. The Morgan fingerprint density at radius 3 is 2.78 bits per heavy atom. The molecule has 1 aliphatic rings. The molecule has 3 aromatic heterocycles. The molecule has 3 aromatic rings. The van der Waals surface area contributed by atoms with E-state index in [1.54, 1.807) is 10.7 Å². The molecule has 1 amide bonds. The lowest BCUT2D eigenvalue weighted by Crippen LogP contribution is -2.29. The number of ether oxygens (including phenoxy) is 1. The topological polar surface area (TPSA) is 81.9 Å². The predicted octanol–water partition coefficient (Wildman–Crippen LogP) is 4.16. The quantitative estimate of drug-likeness (QED) is 0.605. The summed E-state index contributed by atoms with van der Waals surface area (Å²) in [4.78, 5) is 19.9. The minimum Gasteiger partial charge on any atom is -0.481 e. The third-order valence-corrected chi connectivity index (χ3v) is 5.21. The normalized spacial score (nSPS) is 16.2. The molecule has 4 heterocycles. The first-order valence-corrected chi connectivity index (χ1v) is 9.88. The van der Waals surface area contributed by atoms with Gasteiger partial charge in [-0.25, -0.2) is 14.4 Å². The summed E-state index contributed by atoms with van der Waals surface area (Å²) < 4.78 is 60.1. The van der Waals surface area contributed by atoms with Gasteiger partial charge in [0.2, 0.25) is 5.88 Å². The fraction of sp³-hybridized carbons (Fsp3) is 0.333. The van der Waals surface area contributed by atoms with Crippen molar-refractivity contribution >= 4 is 5.91 Å². The van der Waals surface area contributed by atoms with Crippen LogP contribution in [-0.4, -0.2) is 32.8 Å². The van der Waals surface area contributed by atoms with Gasteiger partial charge in [0.1, 0.15) is 5.69 Å². The number of aromatic nitrogens is 4. The first-order valence-electron chi connectivity index (χ1n) is 9.88. The van der Waals surface area contributed by atoms with Crippen molar-refractivity contribution in [2.75, 3.05) is 7.11 Å². The maximum atomic E-state index is 14.3. The minimum atomic E-state index is -4.71. The highest BCUT2D eigenvalue weighted by Crippen LogP contribution is 2.34. The predicted molar refractivity (Wildman–Crippen MR) is 105 cm³/mol. The molecule has 0 saturated heterocycles. The molecular weight excluding hydrogens is 430 g/mol. The monoisotopic (exact) mass is 449 g/mol. The van der Waals surface area contributed by atoms with Crippen molar-refractivity contribution in [1.29, 1.82) is 0 Å². The lowest BCUT2D eigenvalue weighted by Gasteiger charge is -2.17. The molecule has 0 spiro atoms. The fourth-order valence-electron chi connectivity index (χ4n) is 3.62. The van der Waals surface area contributed by atoms with Crippen LogP contribution in [-0.2, 0) is 12.7 Å². The van der Waals surface area contributed by atoms with Crippen molar-refractivity contribution in [2.45, 2.75) is 38.0 Å². The number of aryl methyl sites for hydroxylation is 1. The van der Waals surface area contributed by atoms with Gasteiger partial charge in [-0.1, -0.05) is 0 Å². The van der Waals surface area contributed by atoms with E-state index in [4.69, 9.17) is 4.74 Å². The zero-order valence-corrected chi connectivity index (χ0v) is 17.0. The van der Waals surface area contributed by atoms with Crippen LogP contribution in [0.1, 0.15) is 47.1 Å². The first-order chi connectivity index (χ1) is 15.3. The summed E-state index contributed by atoms with van der Waals surface area (Å²) in [5, 5.41) is 7.25. The van der Waals surface area contributed by atoms with E-state index < -0.39 is 23.7 Å². The van der Waals surface area contributed by atoms with Crippen LogP contribution in [0, 0.1) is 5.82 Å². The van der Waals surface area contributed by atoms with E-state index in [0.29, 0.717) is 42.4 Å². The molecule has 0 radical (unpaired) electrons. The van der Waals surface area contributed by atoms with Crippen LogP contribution >= 0.6 is 0 Å². The van der Waals surface area contributed by atoms with Crippen LogP contribution in [0.25, 0.3) is 11.3 Å². The molecule has 1 atom stereocenters. The van der Waals surface area contributed by atoms with E-state index in [-0.39, 0.29) is 17.2 Å². The number of amides is 1. The standard InChI is InChI=1S/C21H19F4N5O2/c1-32-19-8-12(5-6-26-19)20(31)28-15-4-2-3-7-30-17(15)10-16(29-30)13-9-18(21(23,24)25)27-11-14(13)22/h5-6,8-11,15H,2-4,7H2,1H3,(H,28,31)/t15-/m1/s1. The van der Waals surface area contributed by atoms with Gasteiger partial charge in [-0.05, 0) is 37.5 Å². The van der Waals surface area contributed by atoms with Gasteiger partial charge in [0.15, 0.2) is 5.82 Å². The number of nitrogens with zero attached hydrogens (tertiary/aromatic N) is 4. The molecule has 0 saturated carbocycles. The van der Waals surface area contributed by atoms with Gasteiger partial charge in [-0.3, -0.25) is 9.48 Å². The van der Waals surface area contributed by atoms with E-state index in [9.17, 15) is 22.4 Å². The number of pyridine rings is 2. The van der Waals surface area contributed by atoms with Gasteiger partial charge < -0.3 is 10.1 Å². The van der Waals surface area contributed by atoms with Crippen molar-refractivity contribution in [3.05, 3.63) is 59.4 Å². The Bertz CT molecular complexity index is 1150. The van der Waals surface area contributed by atoms with Crippen LogP contribution in [0.5, 0.6) is 5.88 Å². The van der Waals surface area contributed by atoms with Gasteiger partial charge >= 0.3 is 6.18 Å². The highest BCUT2D eigenvalue weighted by atomic mass is 19.4.